The maximum atomic E-state index is 11.5. The first-order chi connectivity index (χ1) is 8.88. The number of aromatic nitrogens is 4. The van der Waals surface area contributed by atoms with Crippen LogP contribution in [-0.4, -0.2) is 41.9 Å². The molecule has 0 aliphatic carbocycles. The van der Waals surface area contributed by atoms with Crippen LogP contribution in [0.15, 0.2) is 17.3 Å². The van der Waals surface area contributed by atoms with E-state index in [9.17, 15) is 8.42 Å². The van der Waals surface area contributed by atoms with Crippen LogP contribution < -0.4 is 10.1 Å². The normalized spacial score (nSPS) is 11.3. The van der Waals surface area contributed by atoms with Gasteiger partial charge in [0.05, 0.1) is 7.11 Å². The topological polar surface area (TPSA) is 110 Å². The minimum atomic E-state index is -3.52. The van der Waals surface area contributed by atoms with Crippen molar-refractivity contribution in [2.24, 2.45) is 0 Å². The Morgan fingerprint density at radius 1 is 1.26 bits per heavy atom. The Balaban J connectivity index is 2.40. The van der Waals surface area contributed by atoms with Gasteiger partial charge in [-0.15, -0.1) is 0 Å². The number of anilines is 2. The maximum Gasteiger partial charge on any atom is 0.252 e. The van der Waals surface area contributed by atoms with Gasteiger partial charge in [-0.1, -0.05) is 0 Å². The van der Waals surface area contributed by atoms with E-state index in [0.29, 0.717) is 11.6 Å². The molecule has 2 aromatic heterocycles. The lowest BCUT2D eigenvalue weighted by Crippen LogP contribution is -2.07. The average molecular weight is 283 g/mol. The Morgan fingerprint density at radius 2 is 2.00 bits per heavy atom. The second-order valence-electron chi connectivity index (χ2n) is 3.91. The number of nitrogens with zero attached hydrogens (tertiary/aromatic N) is 3. The second-order valence-corrected chi connectivity index (χ2v) is 5.82. The van der Waals surface area contributed by atoms with Gasteiger partial charge in [0.25, 0.3) is 5.16 Å². The van der Waals surface area contributed by atoms with Crippen molar-refractivity contribution in [2.45, 2.75) is 12.1 Å². The minimum Gasteiger partial charge on any atom is -0.481 e. The van der Waals surface area contributed by atoms with E-state index < -0.39 is 9.84 Å². The van der Waals surface area contributed by atoms with Gasteiger partial charge in [0.1, 0.15) is 5.82 Å². The van der Waals surface area contributed by atoms with Crippen molar-refractivity contribution in [1.29, 1.82) is 0 Å². The number of sulfone groups is 1. The van der Waals surface area contributed by atoms with Gasteiger partial charge in [0.15, 0.2) is 5.82 Å². The van der Waals surface area contributed by atoms with Crippen molar-refractivity contribution < 1.29 is 13.2 Å². The Hall–Kier alpha value is -2.16. The van der Waals surface area contributed by atoms with Gasteiger partial charge in [0, 0.05) is 24.1 Å². The summed E-state index contributed by atoms with van der Waals surface area (Å²) in [4.78, 5) is 7.69. The molecule has 9 heteroatoms. The Kier molecular flexibility index (Phi) is 3.38. The van der Waals surface area contributed by atoms with Crippen LogP contribution in [0.3, 0.4) is 0 Å². The van der Waals surface area contributed by atoms with E-state index in [1.54, 1.807) is 6.07 Å². The molecule has 102 valence electrons. The molecule has 0 spiro atoms. The van der Waals surface area contributed by atoms with Crippen molar-refractivity contribution in [3.63, 3.8) is 0 Å². The summed E-state index contributed by atoms with van der Waals surface area (Å²) in [6.07, 6.45) is 1.03. The van der Waals surface area contributed by atoms with Gasteiger partial charge in [-0.25, -0.2) is 13.4 Å². The number of hydrogen-bond donors (Lipinski definition) is 2. The van der Waals surface area contributed by atoms with Crippen molar-refractivity contribution in [1.82, 2.24) is 20.2 Å². The van der Waals surface area contributed by atoms with Crippen LogP contribution in [0.2, 0.25) is 0 Å². The fourth-order valence-electron chi connectivity index (χ4n) is 1.35. The van der Waals surface area contributed by atoms with Crippen LogP contribution in [0.25, 0.3) is 0 Å². The van der Waals surface area contributed by atoms with Crippen LogP contribution in [0.4, 0.5) is 11.6 Å². The third kappa shape index (κ3) is 3.19. The van der Waals surface area contributed by atoms with Crippen LogP contribution >= 0.6 is 0 Å². The Bertz CT molecular complexity index is 695. The van der Waals surface area contributed by atoms with E-state index in [0.717, 1.165) is 11.9 Å². The molecular formula is C10H13N5O3S. The first-order valence-corrected chi connectivity index (χ1v) is 7.20. The predicted molar refractivity (Wildman–Crippen MR) is 68.3 cm³/mol. The van der Waals surface area contributed by atoms with Gasteiger partial charge >= 0.3 is 0 Å². The predicted octanol–water partition coefficient (Wildman–Crippen LogP) is 0.664. The summed E-state index contributed by atoms with van der Waals surface area (Å²) in [6.45, 7) is 1.85. The van der Waals surface area contributed by atoms with Crippen molar-refractivity contribution in [3.05, 3.63) is 17.8 Å². The van der Waals surface area contributed by atoms with Crippen molar-refractivity contribution in [2.75, 3.05) is 18.7 Å². The number of aromatic amines is 1. The number of hydrogen-bond acceptors (Lipinski definition) is 7. The smallest absolute Gasteiger partial charge is 0.252 e. The van der Waals surface area contributed by atoms with E-state index in [2.05, 4.69) is 25.5 Å². The highest BCUT2D eigenvalue weighted by molar-refractivity contribution is 7.90. The zero-order chi connectivity index (χ0) is 14.0. The third-order valence-electron chi connectivity index (χ3n) is 2.18. The van der Waals surface area contributed by atoms with Gasteiger partial charge in [0.2, 0.25) is 15.7 Å². The molecule has 8 nitrogen and oxygen atoms in total. The largest absolute Gasteiger partial charge is 0.481 e. The number of nitrogens with one attached hydrogen (secondary N) is 2. The van der Waals surface area contributed by atoms with Crippen molar-refractivity contribution in [3.8, 4) is 5.88 Å². The lowest BCUT2D eigenvalue weighted by atomic mass is 10.4. The average Bonchev–Trinajstić information content (AvgIpc) is 2.73. The quantitative estimate of drug-likeness (QED) is 0.793. The lowest BCUT2D eigenvalue weighted by molar-refractivity contribution is 0.392. The molecule has 2 N–H and O–H groups in total. The molecule has 0 aliphatic heterocycles. The Labute approximate surface area is 110 Å². The number of rotatable bonds is 4. The summed E-state index contributed by atoms with van der Waals surface area (Å²) >= 11 is 0. The number of ether oxygens (including phenoxy) is 1. The molecule has 2 rings (SSSR count). The lowest BCUT2D eigenvalue weighted by Gasteiger charge is -2.06. The third-order valence-corrected chi connectivity index (χ3v) is 3.03. The van der Waals surface area contributed by atoms with Gasteiger partial charge in [-0.05, 0) is 6.92 Å². The molecule has 0 unspecified atom stereocenters. The van der Waals surface area contributed by atoms with E-state index in [1.165, 1.54) is 13.2 Å². The second kappa shape index (κ2) is 4.84. The summed E-state index contributed by atoms with van der Waals surface area (Å²) in [5.41, 5.74) is 0.867. The van der Waals surface area contributed by atoms with Crippen molar-refractivity contribution >= 4 is 21.5 Å². The molecule has 0 bridgehead atoms. The highest BCUT2D eigenvalue weighted by Gasteiger charge is 2.15. The summed E-state index contributed by atoms with van der Waals surface area (Å²) in [5, 5.41) is 9.30. The molecule has 2 aromatic rings. The van der Waals surface area contributed by atoms with Gasteiger partial charge in [-0.3, -0.25) is 5.10 Å². The summed E-state index contributed by atoms with van der Waals surface area (Å²) in [7, 11) is -2.12. The molecule has 0 amide bonds. The molecule has 0 atom stereocenters. The highest BCUT2D eigenvalue weighted by atomic mass is 32.2. The number of methoxy groups -OCH3 is 1. The fourth-order valence-corrected chi connectivity index (χ4v) is 1.87. The monoisotopic (exact) mass is 283 g/mol. The number of aryl methyl sites for hydroxylation is 1. The first kappa shape index (κ1) is 13.3. The molecular weight excluding hydrogens is 270 g/mol. The van der Waals surface area contributed by atoms with Crippen LogP contribution in [0, 0.1) is 6.92 Å². The molecule has 0 fully saturated rings. The fraction of sp³-hybridized carbons (Fsp3) is 0.300. The molecule has 0 saturated carbocycles. The standard InChI is InChI=1S/C10H13N5O3S/c1-6-4-8(15-14-6)11-7-5-9(18-2)13-10(12-7)19(3,16)17/h4-5H,1-3H3,(H2,11,12,13,14,15). The van der Waals surface area contributed by atoms with E-state index >= 15 is 0 Å². The van der Waals surface area contributed by atoms with Crippen LogP contribution in [-0.2, 0) is 9.84 Å². The molecule has 0 radical (unpaired) electrons. The van der Waals surface area contributed by atoms with Crippen LogP contribution in [0.5, 0.6) is 5.88 Å². The van der Waals surface area contributed by atoms with Crippen LogP contribution in [0.1, 0.15) is 5.69 Å². The molecule has 2 heterocycles. The van der Waals surface area contributed by atoms with E-state index in [4.69, 9.17) is 4.74 Å². The van der Waals surface area contributed by atoms with Gasteiger partial charge in [-0.2, -0.15) is 10.1 Å². The Morgan fingerprint density at radius 3 is 2.53 bits per heavy atom. The summed E-state index contributed by atoms with van der Waals surface area (Å²) < 4.78 is 27.9. The highest BCUT2D eigenvalue weighted by Crippen LogP contribution is 2.19. The first-order valence-electron chi connectivity index (χ1n) is 5.30. The van der Waals surface area contributed by atoms with E-state index in [-0.39, 0.29) is 11.0 Å². The minimum absolute atomic E-state index is 0.158. The summed E-state index contributed by atoms with van der Waals surface area (Å²) in [6, 6.07) is 3.24. The van der Waals surface area contributed by atoms with E-state index in [1.807, 2.05) is 6.92 Å². The van der Waals surface area contributed by atoms with Gasteiger partial charge < -0.3 is 10.1 Å². The molecule has 0 aliphatic rings. The zero-order valence-corrected chi connectivity index (χ0v) is 11.4. The molecule has 0 aromatic carbocycles. The molecule has 0 saturated heterocycles. The molecule has 19 heavy (non-hydrogen) atoms. The maximum absolute atomic E-state index is 11.5. The summed E-state index contributed by atoms with van der Waals surface area (Å²) in [5.74, 6) is 0.974. The SMILES string of the molecule is COc1cc(Nc2cc(C)[nH]n2)nc(S(C)(=O)=O)n1. The number of H-pyrrole nitrogens is 1. The zero-order valence-electron chi connectivity index (χ0n) is 10.6.